The van der Waals surface area contributed by atoms with Crippen LogP contribution in [0.2, 0.25) is 0 Å². The Labute approximate surface area is 200 Å². The maximum absolute atomic E-state index is 3.97. The van der Waals surface area contributed by atoms with E-state index in [2.05, 4.69) is 54.9 Å². The molecule has 1 aromatic carbocycles. The molecule has 1 aromatic rings. The normalized spacial score (nSPS) is 10.9. The molecule has 0 amide bonds. The predicted octanol–water partition coefficient (Wildman–Crippen LogP) is 5.13. The van der Waals surface area contributed by atoms with E-state index >= 15 is 0 Å². The minimum atomic E-state index is 0. The van der Waals surface area contributed by atoms with Gasteiger partial charge in [0, 0.05) is 36.1 Å². The molecule has 1 nitrogen and oxygen atoms in total. The summed E-state index contributed by atoms with van der Waals surface area (Å²) in [5, 5.41) is 5.32. The molecule has 0 N–H and O–H groups in total. The second-order valence-electron chi connectivity index (χ2n) is 4.66. The van der Waals surface area contributed by atoms with E-state index in [0.717, 1.165) is 25.9 Å². The second-order valence-corrected chi connectivity index (χ2v) is 5.47. The summed E-state index contributed by atoms with van der Waals surface area (Å²) in [6.45, 7) is 8.49. The van der Waals surface area contributed by atoms with Crippen molar-refractivity contribution >= 4 is 40.2 Å². The second kappa shape index (κ2) is 30.0. The van der Waals surface area contributed by atoms with Gasteiger partial charge < -0.3 is 5.32 Å². The van der Waals surface area contributed by atoms with E-state index in [4.69, 9.17) is 0 Å². The van der Waals surface area contributed by atoms with Crippen LogP contribution in [0.25, 0.3) is 5.32 Å². The van der Waals surface area contributed by atoms with Crippen LogP contribution in [0.3, 0.4) is 0 Å². The van der Waals surface area contributed by atoms with Crippen molar-refractivity contribution in [3.05, 3.63) is 110 Å². The largest absolute Gasteiger partial charge is 0.656 e. The number of hydrogen-bond donors (Lipinski definition) is 0. The Balaban J connectivity index is -0.000000127. The molecule has 27 heavy (non-hydrogen) atoms. The average molecular weight is 585 g/mol. The van der Waals surface area contributed by atoms with Crippen LogP contribution < -0.4 is 5.19 Å². The van der Waals surface area contributed by atoms with E-state index in [-0.39, 0.29) is 50.7 Å². The molecule has 2 aliphatic carbocycles. The van der Waals surface area contributed by atoms with Crippen molar-refractivity contribution in [2.45, 2.75) is 12.8 Å². The molecule has 0 heterocycles. The molecule has 5 heteroatoms. The first-order chi connectivity index (χ1) is 11.8. The first kappa shape index (κ1) is 33.8. The molecule has 0 unspecified atom stereocenters. The molecule has 1 radical (unpaired) electrons. The smallest absolute Gasteiger partial charge is 0.0477 e. The van der Waals surface area contributed by atoms with Crippen LogP contribution in [-0.4, -0.2) is 23.3 Å². The zero-order chi connectivity index (χ0) is 17.7. The van der Waals surface area contributed by atoms with Crippen molar-refractivity contribution < 1.29 is 25.8 Å². The van der Waals surface area contributed by atoms with E-state index in [1.807, 2.05) is 52.7 Å². The molecular formula is C22H29Cl2HfNSi-3. The zero-order valence-corrected chi connectivity index (χ0v) is 22.4. The van der Waals surface area contributed by atoms with Gasteiger partial charge in [-0.25, -0.2) is 24.3 Å². The quantitative estimate of drug-likeness (QED) is 0.202. The SMILES string of the molecule is C=CC[N-]CC=C.Cl.Cl.[C-]1=CC=CC1.[C-]1=CC=CC1.[Hf].[SiH2]c1ccccc1. The van der Waals surface area contributed by atoms with Crippen molar-refractivity contribution in [3.8, 4) is 0 Å². The molecule has 2 aliphatic rings. The van der Waals surface area contributed by atoms with E-state index < -0.39 is 0 Å². The molecule has 3 rings (SSSR count). The topological polar surface area (TPSA) is 14.1 Å². The third kappa shape index (κ3) is 30.3. The number of benzene rings is 1. The Kier molecular flexibility index (Phi) is 37.6. The van der Waals surface area contributed by atoms with Gasteiger partial charge in [0.25, 0.3) is 0 Å². The van der Waals surface area contributed by atoms with Gasteiger partial charge >= 0.3 is 0 Å². The van der Waals surface area contributed by atoms with E-state index in [1.165, 1.54) is 5.19 Å². The van der Waals surface area contributed by atoms with Gasteiger partial charge in [0.1, 0.15) is 0 Å². The fraction of sp³-hybridized carbons (Fsp3) is 0.182. The van der Waals surface area contributed by atoms with Gasteiger partial charge in [0.2, 0.25) is 0 Å². The Morgan fingerprint density at radius 1 is 0.889 bits per heavy atom. The number of hydrogen-bond acceptors (Lipinski definition) is 0. The third-order valence-electron chi connectivity index (χ3n) is 2.53. The number of halogens is 2. The average Bonchev–Trinajstić information content (AvgIpc) is 3.35. The first-order valence-corrected chi connectivity index (χ1v) is 8.67. The predicted molar refractivity (Wildman–Crippen MR) is 126 cm³/mol. The summed E-state index contributed by atoms with van der Waals surface area (Å²) >= 11 is 0. The molecule has 0 fully saturated rings. The van der Waals surface area contributed by atoms with Gasteiger partial charge in [-0.1, -0.05) is 35.5 Å². The molecule has 0 aliphatic heterocycles. The van der Waals surface area contributed by atoms with Crippen molar-refractivity contribution in [3.63, 3.8) is 0 Å². The van der Waals surface area contributed by atoms with Crippen LogP contribution in [0.4, 0.5) is 0 Å². The van der Waals surface area contributed by atoms with E-state index in [1.54, 1.807) is 12.2 Å². The third-order valence-corrected chi connectivity index (χ3v) is 3.00. The van der Waals surface area contributed by atoms with E-state index in [0.29, 0.717) is 0 Å². The van der Waals surface area contributed by atoms with Crippen molar-refractivity contribution in [1.29, 1.82) is 0 Å². The summed E-state index contributed by atoms with van der Waals surface area (Å²) < 4.78 is 0. The van der Waals surface area contributed by atoms with Crippen LogP contribution in [0.15, 0.2) is 92.1 Å². The van der Waals surface area contributed by atoms with Gasteiger partial charge in [-0.2, -0.15) is 12.2 Å². The first-order valence-electron chi connectivity index (χ1n) is 7.96. The van der Waals surface area contributed by atoms with Gasteiger partial charge in [-0.3, -0.25) is 12.2 Å². The molecule has 0 atom stereocenters. The Morgan fingerprint density at radius 2 is 1.33 bits per heavy atom. The van der Waals surface area contributed by atoms with Crippen LogP contribution in [0.1, 0.15) is 12.8 Å². The minimum absolute atomic E-state index is 0. The van der Waals surface area contributed by atoms with Crippen molar-refractivity contribution in [2.75, 3.05) is 13.1 Å². The van der Waals surface area contributed by atoms with Crippen molar-refractivity contribution in [2.24, 2.45) is 0 Å². The molecule has 0 saturated carbocycles. The summed E-state index contributed by atoms with van der Waals surface area (Å²) in [5.74, 6) is 0. The fourth-order valence-electron chi connectivity index (χ4n) is 1.42. The Morgan fingerprint density at radius 3 is 1.52 bits per heavy atom. The molecule has 0 aromatic heterocycles. The monoisotopic (exact) mass is 585 g/mol. The molecule has 147 valence electrons. The van der Waals surface area contributed by atoms with Gasteiger partial charge in [0.15, 0.2) is 0 Å². The maximum Gasteiger partial charge on any atom is 0.0477 e. The van der Waals surface area contributed by atoms with Gasteiger partial charge in [-0.15, -0.1) is 76.1 Å². The van der Waals surface area contributed by atoms with Gasteiger partial charge in [-0.05, 0) is 0 Å². The minimum Gasteiger partial charge on any atom is -0.656 e. The molecule has 0 spiro atoms. The number of allylic oxidation sites excluding steroid dienone is 8. The van der Waals surface area contributed by atoms with Crippen molar-refractivity contribution in [1.82, 2.24) is 0 Å². The zero-order valence-electron chi connectivity index (χ0n) is 15.7. The number of rotatable bonds is 4. The Bertz CT molecular complexity index is 491. The van der Waals surface area contributed by atoms with Crippen LogP contribution in [0.5, 0.6) is 0 Å². The van der Waals surface area contributed by atoms with Crippen LogP contribution in [-0.2, 0) is 25.8 Å². The summed E-state index contributed by atoms with van der Waals surface area (Å²) in [4.78, 5) is 0. The van der Waals surface area contributed by atoms with Crippen LogP contribution in [0, 0.1) is 12.2 Å². The molecular weight excluding hydrogens is 556 g/mol. The maximum atomic E-state index is 3.97. The fourth-order valence-corrected chi connectivity index (χ4v) is 1.69. The van der Waals surface area contributed by atoms with E-state index in [9.17, 15) is 0 Å². The molecule has 0 saturated heterocycles. The standard InChI is InChI=1S/C6H10N.C6H7Si.2C5H5.2ClH.Hf/c1-3-5-7-6-4-2;7-6-4-2-1-3-5-6;2*1-2-4-5-3-1;;;/h3-4H,1-2,5-6H2;1-5H,7H2;2*1-3H,4H2;2*1H;/q-1;;2*-1;;;. The van der Waals surface area contributed by atoms with Crippen LogP contribution >= 0.6 is 24.8 Å². The van der Waals surface area contributed by atoms with Gasteiger partial charge in [0.05, 0.1) is 0 Å². The molecule has 0 bridgehead atoms. The number of nitrogens with zero attached hydrogens (tertiary/aromatic N) is 1. The summed E-state index contributed by atoms with van der Waals surface area (Å²) in [5.41, 5.74) is 0. The summed E-state index contributed by atoms with van der Waals surface area (Å²) in [6.07, 6.45) is 23.5. The Hall–Kier alpha value is -0.713. The summed E-state index contributed by atoms with van der Waals surface area (Å²) in [7, 11) is 1.90. The summed E-state index contributed by atoms with van der Waals surface area (Å²) in [6, 6.07) is 10.3.